The van der Waals surface area contributed by atoms with Gasteiger partial charge in [-0.25, -0.2) is 4.39 Å². The molecule has 0 spiro atoms. The minimum atomic E-state index is -0.391. The lowest BCUT2D eigenvalue weighted by Crippen LogP contribution is -2.41. The van der Waals surface area contributed by atoms with Crippen LogP contribution in [0.1, 0.15) is 12.8 Å². The fourth-order valence-corrected chi connectivity index (χ4v) is 3.22. The summed E-state index contributed by atoms with van der Waals surface area (Å²) in [5, 5.41) is 6.15. The molecule has 2 N–H and O–H groups in total. The number of nitrogens with one attached hydrogen (secondary N) is 2. The molecule has 0 saturated carbocycles. The third-order valence-corrected chi connectivity index (χ3v) is 4.19. The molecular weight excluding hydrogens is 257 g/mol. The first-order chi connectivity index (χ1) is 9.72. The minimum Gasteiger partial charge on any atom is -0.322 e. The molecule has 0 aromatic heterocycles. The van der Waals surface area contributed by atoms with Gasteiger partial charge in [-0.15, -0.1) is 0 Å². The van der Waals surface area contributed by atoms with E-state index >= 15 is 0 Å². The topological polar surface area (TPSA) is 44.4 Å². The number of para-hydroxylation sites is 1. The van der Waals surface area contributed by atoms with Crippen LogP contribution in [0, 0.1) is 11.7 Å². The number of likely N-dealkylation sites (tertiary alicyclic amines) is 1. The van der Waals surface area contributed by atoms with Gasteiger partial charge in [-0.05, 0) is 37.4 Å². The van der Waals surface area contributed by atoms with E-state index in [4.69, 9.17) is 0 Å². The number of piperidine rings is 1. The Hall–Kier alpha value is -1.46. The summed E-state index contributed by atoms with van der Waals surface area (Å²) in [7, 11) is 0. The summed E-state index contributed by atoms with van der Waals surface area (Å²) in [4.78, 5) is 14.1. The van der Waals surface area contributed by atoms with Crippen molar-refractivity contribution in [2.45, 2.75) is 18.9 Å². The highest BCUT2D eigenvalue weighted by molar-refractivity contribution is 5.92. The number of hydrogen-bond donors (Lipinski definition) is 2. The zero-order chi connectivity index (χ0) is 13.9. The van der Waals surface area contributed by atoms with Crippen LogP contribution in [-0.2, 0) is 4.79 Å². The molecule has 108 valence electrons. The highest BCUT2D eigenvalue weighted by Crippen LogP contribution is 2.24. The predicted molar refractivity (Wildman–Crippen MR) is 76.0 cm³/mol. The summed E-state index contributed by atoms with van der Waals surface area (Å²) in [6.45, 7) is 3.29. The van der Waals surface area contributed by atoms with Crippen LogP contribution < -0.4 is 10.6 Å². The van der Waals surface area contributed by atoms with Crippen LogP contribution in [0.15, 0.2) is 24.3 Å². The first-order valence-corrected chi connectivity index (χ1v) is 7.22. The molecule has 1 aromatic rings. The molecule has 3 rings (SSSR count). The Morgan fingerprint density at radius 2 is 2.25 bits per heavy atom. The Labute approximate surface area is 118 Å². The minimum absolute atomic E-state index is 0.145. The summed E-state index contributed by atoms with van der Waals surface area (Å²) >= 11 is 0. The molecule has 20 heavy (non-hydrogen) atoms. The molecule has 2 fully saturated rings. The standard InChI is InChI=1S/C15H20FN3O/c16-12-5-1-2-6-13(12)18-15(20)10-19-8-11-4-3-7-17-14(11)9-19/h1-2,5-6,11,14,17H,3-4,7-10H2,(H,18,20). The van der Waals surface area contributed by atoms with Gasteiger partial charge in [0.2, 0.25) is 5.91 Å². The van der Waals surface area contributed by atoms with Crippen LogP contribution in [-0.4, -0.2) is 43.0 Å². The van der Waals surface area contributed by atoms with Crippen molar-refractivity contribution in [1.29, 1.82) is 0 Å². The van der Waals surface area contributed by atoms with E-state index < -0.39 is 5.82 Å². The second-order valence-electron chi connectivity index (χ2n) is 5.69. The number of hydrogen-bond acceptors (Lipinski definition) is 3. The van der Waals surface area contributed by atoms with Crippen molar-refractivity contribution >= 4 is 11.6 Å². The quantitative estimate of drug-likeness (QED) is 0.879. The van der Waals surface area contributed by atoms with Crippen molar-refractivity contribution < 1.29 is 9.18 Å². The average Bonchev–Trinajstić information content (AvgIpc) is 2.83. The summed E-state index contributed by atoms with van der Waals surface area (Å²) < 4.78 is 13.5. The Kier molecular flexibility index (Phi) is 3.98. The van der Waals surface area contributed by atoms with Gasteiger partial charge >= 0.3 is 0 Å². The number of anilines is 1. The number of fused-ring (bicyclic) bond motifs is 1. The Morgan fingerprint density at radius 3 is 3.05 bits per heavy atom. The van der Waals surface area contributed by atoms with Gasteiger partial charge in [0.1, 0.15) is 5.82 Å². The SMILES string of the molecule is O=C(CN1CC2CCCNC2C1)Nc1ccccc1F. The molecule has 1 amide bonds. The van der Waals surface area contributed by atoms with Gasteiger partial charge in [0.15, 0.2) is 0 Å². The molecule has 1 aromatic carbocycles. The molecule has 2 aliphatic heterocycles. The fourth-order valence-electron chi connectivity index (χ4n) is 3.22. The number of nitrogens with zero attached hydrogens (tertiary/aromatic N) is 1. The van der Waals surface area contributed by atoms with Gasteiger partial charge in [0.25, 0.3) is 0 Å². The third-order valence-electron chi connectivity index (χ3n) is 4.19. The van der Waals surface area contributed by atoms with Crippen molar-refractivity contribution in [3.05, 3.63) is 30.1 Å². The lowest BCUT2D eigenvalue weighted by atomic mass is 9.94. The van der Waals surface area contributed by atoms with Gasteiger partial charge < -0.3 is 10.6 Å². The smallest absolute Gasteiger partial charge is 0.238 e. The summed E-state index contributed by atoms with van der Waals surface area (Å²) in [6.07, 6.45) is 2.46. The number of benzene rings is 1. The first kappa shape index (κ1) is 13.5. The van der Waals surface area contributed by atoms with Crippen molar-refractivity contribution in [2.24, 2.45) is 5.92 Å². The maximum absolute atomic E-state index is 13.5. The van der Waals surface area contributed by atoms with Crippen molar-refractivity contribution in [1.82, 2.24) is 10.2 Å². The molecule has 5 heteroatoms. The van der Waals surface area contributed by atoms with E-state index in [1.165, 1.54) is 18.9 Å². The van der Waals surface area contributed by atoms with E-state index in [1.54, 1.807) is 18.2 Å². The van der Waals surface area contributed by atoms with Crippen LogP contribution in [0.3, 0.4) is 0 Å². The average molecular weight is 277 g/mol. The maximum Gasteiger partial charge on any atom is 0.238 e. The largest absolute Gasteiger partial charge is 0.322 e. The summed E-state index contributed by atoms with van der Waals surface area (Å²) in [5.74, 6) is 0.122. The van der Waals surface area contributed by atoms with Gasteiger partial charge in [-0.2, -0.15) is 0 Å². The molecule has 0 bridgehead atoms. The van der Waals surface area contributed by atoms with Gasteiger partial charge in [-0.3, -0.25) is 9.69 Å². The van der Waals surface area contributed by atoms with Crippen LogP contribution in [0.4, 0.5) is 10.1 Å². The van der Waals surface area contributed by atoms with Gasteiger partial charge in [0, 0.05) is 19.1 Å². The zero-order valence-electron chi connectivity index (χ0n) is 11.4. The second kappa shape index (κ2) is 5.89. The molecule has 2 aliphatic rings. The van der Waals surface area contributed by atoms with E-state index in [0.29, 0.717) is 18.5 Å². The Morgan fingerprint density at radius 1 is 1.40 bits per heavy atom. The summed E-state index contributed by atoms with van der Waals surface area (Å²) in [6, 6.07) is 6.78. The van der Waals surface area contributed by atoms with Crippen LogP contribution >= 0.6 is 0 Å². The summed E-state index contributed by atoms with van der Waals surface area (Å²) in [5.41, 5.74) is 0.257. The van der Waals surface area contributed by atoms with Crippen LogP contribution in [0.2, 0.25) is 0 Å². The van der Waals surface area contributed by atoms with Crippen molar-refractivity contribution in [2.75, 3.05) is 31.5 Å². The third kappa shape index (κ3) is 2.99. The lowest BCUT2D eigenvalue weighted by Gasteiger charge is -2.24. The zero-order valence-corrected chi connectivity index (χ0v) is 11.4. The monoisotopic (exact) mass is 277 g/mol. The lowest BCUT2D eigenvalue weighted by molar-refractivity contribution is -0.117. The molecule has 2 heterocycles. The van der Waals surface area contributed by atoms with E-state index in [1.807, 2.05) is 0 Å². The van der Waals surface area contributed by atoms with E-state index in [-0.39, 0.29) is 11.6 Å². The first-order valence-electron chi connectivity index (χ1n) is 7.22. The van der Waals surface area contributed by atoms with E-state index in [9.17, 15) is 9.18 Å². The predicted octanol–water partition coefficient (Wildman–Crippen LogP) is 1.45. The molecule has 2 unspecified atom stereocenters. The van der Waals surface area contributed by atoms with E-state index in [2.05, 4.69) is 15.5 Å². The normalized spacial score (nSPS) is 26.2. The van der Waals surface area contributed by atoms with Crippen molar-refractivity contribution in [3.63, 3.8) is 0 Å². The van der Waals surface area contributed by atoms with E-state index in [0.717, 1.165) is 19.6 Å². The maximum atomic E-state index is 13.5. The molecule has 0 radical (unpaired) electrons. The number of halogens is 1. The van der Waals surface area contributed by atoms with Crippen molar-refractivity contribution in [3.8, 4) is 0 Å². The number of carbonyl (C=O) groups excluding carboxylic acids is 1. The number of amides is 1. The number of rotatable bonds is 3. The molecule has 2 saturated heterocycles. The van der Waals surface area contributed by atoms with Gasteiger partial charge in [-0.1, -0.05) is 12.1 Å². The fraction of sp³-hybridized carbons (Fsp3) is 0.533. The Balaban J connectivity index is 1.53. The second-order valence-corrected chi connectivity index (χ2v) is 5.69. The molecule has 0 aliphatic carbocycles. The van der Waals surface area contributed by atoms with Crippen LogP contribution in [0.25, 0.3) is 0 Å². The van der Waals surface area contributed by atoms with Crippen LogP contribution in [0.5, 0.6) is 0 Å². The molecule has 2 atom stereocenters. The molecule has 4 nitrogen and oxygen atoms in total. The van der Waals surface area contributed by atoms with Gasteiger partial charge in [0.05, 0.1) is 12.2 Å². The highest BCUT2D eigenvalue weighted by atomic mass is 19.1. The highest BCUT2D eigenvalue weighted by Gasteiger charge is 2.34. The Bertz CT molecular complexity index is 480. The number of carbonyl (C=O) groups is 1. The molecular formula is C15H20FN3O.